The lowest BCUT2D eigenvalue weighted by molar-refractivity contribution is -0.113. The largest absolute Gasteiger partial charge is 0.447 e. The Morgan fingerprint density at radius 2 is 2.10 bits per heavy atom. The zero-order valence-corrected chi connectivity index (χ0v) is 19.5. The Morgan fingerprint density at radius 3 is 2.76 bits per heavy atom. The van der Waals surface area contributed by atoms with E-state index in [1.165, 1.54) is 11.8 Å². The smallest absolute Gasteiger partial charge is 0.414 e. The van der Waals surface area contributed by atoms with Crippen molar-refractivity contribution in [3.05, 3.63) is 18.2 Å². The maximum absolute atomic E-state index is 12.6. The average Bonchev–Trinajstić information content (AvgIpc) is 3.01. The number of hydrogen-bond donors (Lipinski definition) is 2. The van der Waals surface area contributed by atoms with Crippen LogP contribution in [-0.2, 0) is 14.0 Å². The van der Waals surface area contributed by atoms with E-state index in [2.05, 4.69) is 39.2 Å². The van der Waals surface area contributed by atoms with Crippen LogP contribution in [0.25, 0.3) is 0 Å². The topological polar surface area (TPSA) is 88.1 Å². The van der Waals surface area contributed by atoms with Crippen LogP contribution in [0.4, 0.5) is 16.2 Å². The highest BCUT2D eigenvalue weighted by atomic mass is 32.2. The SMILES string of the molecule is CC(C)(C)[Si](C)(C)OC(CCO)C1COC(=O)N1c1ccc2c(c1)NC(=O)CS2. The van der Waals surface area contributed by atoms with Gasteiger partial charge in [-0.25, -0.2) is 4.79 Å². The van der Waals surface area contributed by atoms with Gasteiger partial charge in [0.05, 0.1) is 23.6 Å². The number of fused-ring (bicyclic) bond motifs is 1. The van der Waals surface area contributed by atoms with E-state index in [0.717, 1.165) is 4.90 Å². The van der Waals surface area contributed by atoms with Gasteiger partial charge < -0.3 is 19.6 Å². The minimum Gasteiger partial charge on any atom is -0.447 e. The van der Waals surface area contributed by atoms with Crippen LogP contribution in [0.1, 0.15) is 27.2 Å². The molecule has 0 bridgehead atoms. The van der Waals surface area contributed by atoms with Gasteiger partial charge in [0.25, 0.3) is 0 Å². The third-order valence-electron chi connectivity index (χ3n) is 5.88. The van der Waals surface area contributed by atoms with Crippen molar-refractivity contribution in [3.63, 3.8) is 0 Å². The maximum Gasteiger partial charge on any atom is 0.414 e. The van der Waals surface area contributed by atoms with E-state index in [1.54, 1.807) is 11.0 Å². The molecule has 0 saturated carbocycles. The summed E-state index contributed by atoms with van der Waals surface area (Å²) in [5.41, 5.74) is 1.35. The highest BCUT2D eigenvalue weighted by Gasteiger charge is 2.45. The number of aliphatic hydroxyl groups is 1. The zero-order valence-electron chi connectivity index (χ0n) is 17.7. The molecular weight excluding hydrogens is 408 g/mol. The van der Waals surface area contributed by atoms with Gasteiger partial charge in [0.2, 0.25) is 5.91 Å². The molecule has 0 aliphatic carbocycles. The number of ether oxygens (including phenoxy) is 1. The Bertz CT molecular complexity index is 796. The molecule has 2 aliphatic heterocycles. The maximum atomic E-state index is 12.6. The lowest BCUT2D eigenvalue weighted by atomic mass is 10.1. The van der Waals surface area contributed by atoms with Crippen molar-refractivity contribution < 1.29 is 23.9 Å². The normalized spacial score (nSPS) is 20.9. The number of anilines is 2. The van der Waals surface area contributed by atoms with Gasteiger partial charge in [-0.2, -0.15) is 0 Å². The molecule has 0 spiro atoms. The summed E-state index contributed by atoms with van der Waals surface area (Å²) in [6.45, 7) is 11.0. The molecule has 2 atom stereocenters. The van der Waals surface area contributed by atoms with E-state index >= 15 is 0 Å². The van der Waals surface area contributed by atoms with Crippen molar-refractivity contribution in [1.82, 2.24) is 0 Å². The summed E-state index contributed by atoms with van der Waals surface area (Å²) < 4.78 is 12.0. The van der Waals surface area contributed by atoms with Crippen LogP contribution in [0.2, 0.25) is 18.1 Å². The van der Waals surface area contributed by atoms with Crippen molar-refractivity contribution in [2.24, 2.45) is 0 Å². The summed E-state index contributed by atoms with van der Waals surface area (Å²) in [6, 6.07) is 5.24. The van der Waals surface area contributed by atoms with Crippen molar-refractivity contribution >= 4 is 43.5 Å². The predicted molar refractivity (Wildman–Crippen MR) is 117 cm³/mol. The van der Waals surface area contributed by atoms with Crippen LogP contribution in [-0.4, -0.2) is 56.5 Å². The average molecular weight is 439 g/mol. The Labute approximate surface area is 177 Å². The van der Waals surface area contributed by atoms with Gasteiger partial charge >= 0.3 is 6.09 Å². The van der Waals surface area contributed by atoms with Crippen LogP contribution >= 0.6 is 11.8 Å². The van der Waals surface area contributed by atoms with Crippen LogP contribution in [0.15, 0.2) is 23.1 Å². The van der Waals surface area contributed by atoms with E-state index in [9.17, 15) is 14.7 Å². The number of carbonyl (C=O) groups excluding carboxylic acids is 2. The first kappa shape index (κ1) is 22.1. The minimum absolute atomic E-state index is 0.00231. The summed E-state index contributed by atoms with van der Waals surface area (Å²) in [7, 11) is -2.12. The lowest BCUT2D eigenvalue weighted by Gasteiger charge is -2.41. The van der Waals surface area contributed by atoms with Gasteiger partial charge in [0.1, 0.15) is 6.61 Å². The fourth-order valence-electron chi connectivity index (χ4n) is 3.24. The van der Waals surface area contributed by atoms with Gasteiger partial charge in [-0.1, -0.05) is 20.8 Å². The Kier molecular flexibility index (Phi) is 6.33. The van der Waals surface area contributed by atoms with Gasteiger partial charge in [-0.15, -0.1) is 11.8 Å². The van der Waals surface area contributed by atoms with E-state index < -0.39 is 14.4 Å². The Hall–Kier alpha value is -1.55. The van der Waals surface area contributed by atoms with Crippen molar-refractivity contribution in [2.75, 3.05) is 29.2 Å². The molecule has 7 nitrogen and oxygen atoms in total. The van der Waals surface area contributed by atoms with E-state index in [1.807, 2.05) is 12.1 Å². The standard InChI is InChI=1S/C20H30N2O5SSi/c1-20(2,3)29(4,5)27-16(8-9-23)15-11-26-19(25)22(15)13-6-7-17-14(10-13)21-18(24)12-28-17/h6-7,10,15-16,23H,8-9,11-12H2,1-5H3,(H,21,24). The number of amides is 2. The molecular formula is C20H30N2O5SSi. The molecule has 0 radical (unpaired) electrons. The second-order valence-electron chi connectivity index (χ2n) is 8.96. The first-order chi connectivity index (χ1) is 13.5. The first-order valence-corrected chi connectivity index (χ1v) is 13.7. The summed E-state index contributed by atoms with van der Waals surface area (Å²) in [4.78, 5) is 26.9. The molecule has 2 unspecified atom stereocenters. The number of nitrogens with zero attached hydrogens (tertiary/aromatic N) is 1. The number of nitrogens with one attached hydrogen (secondary N) is 1. The van der Waals surface area contributed by atoms with Crippen LogP contribution in [0.3, 0.4) is 0 Å². The van der Waals surface area contributed by atoms with Gasteiger partial charge in [0.15, 0.2) is 8.32 Å². The van der Waals surface area contributed by atoms with Crippen LogP contribution in [0, 0.1) is 0 Å². The quantitative estimate of drug-likeness (QED) is 0.657. The number of hydrogen-bond acceptors (Lipinski definition) is 6. The van der Waals surface area contributed by atoms with Gasteiger partial charge in [-0.3, -0.25) is 9.69 Å². The fourth-order valence-corrected chi connectivity index (χ4v) is 5.41. The summed E-state index contributed by atoms with van der Waals surface area (Å²) in [5, 5.41) is 12.5. The van der Waals surface area contributed by atoms with Crippen LogP contribution in [0.5, 0.6) is 0 Å². The lowest BCUT2D eigenvalue weighted by Crippen LogP contribution is -2.51. The molecule has 3 rings (SSSR count). The van der Waals surface area contributed by atoms with E-state index in [0.29, 0.717) is 23.5 Å². The Balaban J connectivity index is 1.90. The van der Waals surface area contributed by atoms with Crippen molar-refractivity contribution in [2.45, 2.75) is 62.4 Å². The molecule has 2 amide bonds. The Morgan fingerprint density at radius 1 is 1.38 bits per heavy atom. The molecule has 2 aliphatic rings. The minimum atomic E-state index is -2.12. The number of carbonyl (C=O) groups is 2. The van der Waals surface area contributed by atoms with Gasteiger partial charge in [-0.05, 0) is 42.8 Å². The van der Waals surface area contributed by atoms with Crippen molar-refractivity contribution in [1.29, 1.82) is 0 Å². The molecule has 0 aromatic heterocycles. The number of cyclic esters (lactones) is 1. The summed E-state index contributed by atoms with van der Waals surface area (Å²) in [5.74, 6) is 0.333. The molecule has 2 heterocycles. The third kappa shape index (κ3) is 4.63. The number of aliphatic hydroxyl groups excluding tert-OH is 1. The number of thioether (sulfide) groups is 1. The summed E-state index contributed by atoms with van der Waals surface area (Å²) >= 11 is 1.48. The first-order valence-electron chi connectivity index (χ1n) is 9.85. The monoisotopic (exact) mass is 438 g/mol. The van der Waals surface area contributed by atoms with Crippen molar-refractivity contribution in [3.8, 4) is 0 Å². The second-order valence-corrected chi connectivity index (χ2v) is 14.7. The fraction of sp³-hybridized carbons (Fsp3) is 0.600. The molecule has 1 fully saturated rings. The molecule has 29 heavy (non-hydrogen) atoms. The molecule has 160 valence electrons. The highest BCUT2D eigenvalue weighted by molar-refractivity contribution is 8.00. The third-order valence-corrected chi connectivity index (χ3v) is 11.5. The van der Waals surface area contributed by atoms with Crippen LogP contribution < -0.4 is 10.2 Å². The highest BCUT2D eigenvalue weighted by Crippen LogP contribution is 2.40. The molecule has 1 aromatic carbocycles. The summed E-state index contributed by atoms with van der Waals surface area (Å²) in [6.07, 6.45) is -0.360. The number of benzene rings is 1. The number of rotatable bonds is 6. The predicted octanol–water partition coefficient (Wildman–Crippen LogP) is 3.83. The van der Waals surface area contributed by atoms with E-state index in [-0.39, 0.29) is 36.3 Å². The zero-order chi connectivity index (χ0) is 21.4. The molecule has 9 heteroatoms. The van der Waals surface area contributed by atoms with E-state index in [4.69, 9.17) is 9.16 Å². The molecule has 1 aromatic rings. The van der Waals surface area contributed by atoms with Gasteiger partial charge in [0, 0.05) is 17.2 Å². The molecule has 1 saturated heterocycles. The molecule has 2 N–H and O–H groups in total. The second kappa shape index (κ2) is 8.29.